The summed E-state index contributed by atoms with van der Waals surface area (Å²) in [5.41, 5.74) is 1.54. The molecule has 33 heavy (non-hydrogen) atoms. The molecule has 1 saturated carbocycles. The minimum atomic E-state index is -1.99. The summed E-state index contributed by atoms with van der Waals surface area (Å²) in [6.45, 7) is 4.91. The van der Waals surface area contributed by atoms with Crippen LogP contribution >= 0.6 is 15.7 Å². The molecule has 0 radical (unpaired) electrons. The highest BCUT2D eigenvalue weighted by atomic mass is 31.1. The minimum absolute atomic E-state index is 0.233. The van der Waals surface area contributed by atoms with Crippen molar-refractivity contribution in [3.8, 4) is 11.5 Å². The summed E-state index contributed by atoms with van der Waals surface area (Å²) in [6, 6.07) is 23.5. The number of ether oxygens (including phenoxy) is 2. The maximum Gasteiger partial charge on any atom is 0.231 e. The highest BCUT2D eigenvalue weighted by molar-refractivity contribution is 7.81. The molecule has 3 nitrogen and oxygen atoms in total. The van der Waals surface area contributed by atoms with Crippen molar-refractivity contribution >= 4 is 36.9 Å². The van der Waals surface area contributed by atoms with E-state index in [1.807, 2.05) is 0 Å². The van der Waals surface area contributed by atoms with E-state index in [4.69, 9.17) is 9.47 Å². The van der Waals surface area contributed by atoms with Gasteiger partial charge in [-0.2, -0.15) is 0 Å². The van der Waals surface area contributed by atoms with E-state index in [1.165, 1.54) is 29.0 Å². The largest absolute Gasteiger partial charge is 0.454 e. The van der Waals surface area contributed by atoms with Crippen LogP contribution in [0.25, 0.3) is 0 Å². The molecule has 2 heterocycles. The Hall–Kier alpha value is -2.08. The summed E-state index contributed by atoms with van der Waals surface area (Å²) >= 11 is 0. The van der Waals surface area contributed by atoms with E-state index in [9.17, 15) is 4.57 Å². The van der Waals surface area contributed by atoms with Gasteiger partial charge in [0.1, 0.15) is 7.80 Å². The Morgan fingerprint density at radius 3 is 2.24 bits per heavy atom. The molecule has 3 aliphatic rings. The molecule has 0 aromatic heterocycles. The van der Waals surface area contributed by atoms with Crippen molar-refractivity contribution in [2.45, 2.75) is 44.7 Å². The fourth-order valence-electron chi connectivity index (χ4n) is 6.16. The average molecular weight is 476 g/mol. The van der Waals surface area contributed by atoms with Gasteiger partial charge in [-0.1, -0.05) is 80.9 Å². The lowest BCUT2D eigenvalue weighted by Crippen LogP contribution is -2.42. The Morgan fingerprint density at radius 1 is 0.909 bits per heavy atom. The molecule has 0 N–H and O–H groups in total. The molecule has 170 valence electrons. The van der Waals surface area contributed by atoms with Crippen molar-refractivity contribution in [3.63, 3.8) is 0 Å². The number of fused-ring (bicyclic) bond motifs is 3. The Balaban J connectivity index is 1.63. The summed E-state index contributed by atoms with van der Waals surface area (Å²) in [5, 5.41) is 4.75. The molecule has 0 amide bonds. The zero-order valence-corrected chi connectivity index (χ0v) is 21.1. The summed E-state index contributed by atoms with van der Waals surface area (Å²) < 4.78 is 26.5. The van der Waals surface area contributed by atoms with E-state index >= 15 is 0 Å². The molecule has 5 atom stereocenters. The molecule has 3 aromatic carbocycles. The van der Waals surface area contributed by atoms with Crippen LogP contribution in [0.5, 0.6) is 11.5 Å². The zero-order valence-electron chi connectivity index (χ0n) is 19.2. The highest BCUT2D eigenvalue weighted by Gasteiger charge is 2.45. The third kappa shape index (κ3) is 3.56. The average Bonchev–Trinajstić information content (AvgIpc) is 3.32. The molecule has 2 aliphatic heterocycles. The SMILES string of the molecule is CC1c2cc3c(c(P(c4ccccc4)c4ccccc4)c2[PH](=O)[C@@H]2C[C@H](C)CC[C@@H]12)OCO3. The van der Waals surface area contributed by atoms with E-state index in [2.05, 4.69) is 80.6 Å². The van der Waals surface area contributed by atoms with Crippen molar-refractivity contribution in [1.82, 2.24) is 0 Å². The van der Waals surface area contributed by atoms with Crippen molar-refractivity contribution < 1.29 is 14.0 Å². The molecule has 0 spiro atoms. The van der Waals surface area contributed by atoms with Crippen LogP contribution in [0.2, 0.25) is 0 Å². The van der Waals surface area contributed by atoms with E-state index in [1.54, 1.807) is 0 Å². The van der Waals surface area contributed by atoms with Crippen LogP contribution in [0.3, 0.4) is 0 Å². The lowest BCUT2D eigenvalue weighted by molar-refractivity contribution is 0.174. The Bertz CT molecular complexity index is 1160. The number of hydrogen-bond donors (Lipinski definition) is 0. The van der Waals surface area contributed by atoms with Gasteiger partial charge < -0.3 is 14.0 Å². The molecule has 6 rings (SSSR count). The third-order valence-corrected chi connectivity index (χ3v) is 12.9. The van der Waals surface area contributed by atoms with Gasteiger partial charge in [0.2, 0.25) is 6.79 Å². The maximum atomic E-state index is 14.4. The van der Waals surface area contributed by atoms with Crippen molar-refractivity contribution in [1.29, 1.82) is 0 Å². The number of benzene rings is 3. The van der Waals surface area contributed by atoms with Crippen LogP contribution in [0, 0.1) is 11.8 Å². The van der Waals surface area contributed by atoms with Gasteiger partial charge in [0.15, 0.2) is 11.5 Å². The number of rotatable bonds is 3. The van der Waals surface area contributed by atoms with Gasteiger partial charge in [-0.15, -0.1) is 0 Å². The van der Waals surface area contributed by atoms with E-state index in [0.29, 0.717) is 23.4 Å². The molecular weight excluding hydrogens is 446 g/mol. The maximum absolute atomic E-state index is 14.4. The Labute approximate surface area is 198 Å². The second-order valence-electron chi connectivity index (χ2n) is 9.77. The molecule has 0 saturated heterocycles. The Kier molecular flexibility index (Phi) is 5.60. The first kappa shape index (κ1) is 21.5. The van der Waals surface area contributed by atoms with Gasteiger partial charge in [0.25, 0.3) is 0 Å². The molecule has 1 aliphatic carbocycles. The lowest BCUT2D eigenvalue weighted by atomic mass is 9.74. The summed E-state index contributed by atoms with van der Waals surface area (Å²) in [5.74, 6) is 3.19. The second-order valence-corrected chi connectivity index (χ2v) is 13.9. The first-order valence-corrected chi connectivity index (χ1v) is 14.9. The molecule has 1 fully saturated rings. The summed E-state index contributed by atoms with van der Waals surface area (Å²) in [4.78, 5) is 0. The first-order valence-electron chi connectivity index (χ1n) is 12.0. The van der Waals surface area contributed by atoms with Gasteiger partial charge in [0.05, 0.1) is 0 Å². The van der Waals surface area contributed by atoms with Gasteiger partial charge in [-0.05, 0) is 60.8 Å². The van der Waals surface area contributed by atoms with E-state index < -0.39 is 15.7 Å². The van der Waals surface area contributed by atoms with Crippen LogP contribution in [-0.4, -0.2) is 12.5 Å². The first-order chi connectivity index (χ1) is 16.1. The smallest absolute Gasteiger partial charge is 0.231 e. The fraction of sp³-hybridized carbons (Fsp3) is 0.357. The lowest BCUT2D eigenvalue weighted by Gasteiger charge is -2.43. The normalized spacial score (nSPS) is 27.8. The molecular formula is C28H30O3P2. The van der Waals surface area contributed by atoms with E-state index in [0.717, 1.165) is 28.5 Å². The second kappa shape index (κ2) is 8.61. The quantitative estimate of drug-likeness (QED) is 0.483. The molecule has 0 bridgehead atoms. The third-order valence-electron chi connectivity index (χ3n) is 7.80. The molecule has 3 aromatic rings. The topological polar surface area (TPSA) is 35.5 Å². The van der Waals surface area contributed by atoms with Crippen LogP contribution in [-0.2, 0) is 4.57 Å². The predicted octanol–water partition coefficient (Wildman–Crippen LogP) is 5.28. The highest BCUT2D eigenvalue weighted by Crippen LogP contribution is 2.56. The minimum Gasteiger partial charge on any atom is -0.454 e. The zero-order chi connectivity index (χ0) is 22.5. The monoisotopic (exact) mass is 476 g/mol. The molecule has 2 unspecified atom stereocenters. The molecule has 5 heteroatoms. The summed E-state index contributed by atoms with van der Waals surface area (Å²) in [6.07, 6.45) is 3.50. The van der Waals surface area contributed by atoms with Crippen molar-refractivity contribution in [3.05, 3.63) is 72.3 Å². The van der Waals surface area contributed by atoms with Crippen molar-refractivity contribution in [2.75, 3.05) is 6.79 Å². The summed E-state index contributed by atoms with van der Waals surface area (Å²) in [7, 11) is -2.92. The van der Waals surface area contributed by atoms with Crippen LogP contribution < -0.4 is 30.7 Å². The Morgan fingerprint density at radius 2 is 1.58 bits per heavy atom. The van der Waals surface area contributed by atoms with Gasteiger partial charge >= 0.3 is 0 Å². The predicted molar refractivity (Wildman–Crippen MR) is 139 cm³/mol. The fourth-order valence-corrected chi connectivity index (χ4v) is 12.1. The van der Waals surface area contributed by atoms with Crippen LogP contribution in [0.15, 0.2) is 66.7 Å². The van der Waals surface area contributed by atoms with Crippen LogP contribution in [0.1, 0.15) is 44.6 Å². The number of hydrogen-bond acceptors (Lipinski definition) is 3. The standard InChI is InChI=1S/C28H30O3P2/c1-18-13-14-22-19(2)23-16-24-26(31-17-30-24)28(27(23)33(29)25(22)15-18)32(20-9-5-3-6-10-20)21-11-7-4-8-12-21/h3-12,16,18-19,22,25,33H,13-15,17H2,1-2H3/t18-,19?,22+,25-/m1/s1. The van der Waals surface area contributed by atoms with Crippen molar-refractivity contribution in [2.24, 2.45) is 11.8 Å². The van der Waals surface area contributed by atoms with Gasteiger partial charge in [0, 0.05) is 16.3 Å². The van der Waals surface area contributed by atoms with Gasteiger partial charge in [-0.25, -0.2) is 0 Å². The van der Waals surface area contributed by atoms with E-state index in [-0.39, 0.29) is 6.79 Å². The van der Waals surface area contributed by atoms with Crippen LogP contribution in [0.4, 0.5) is 0 Å². The van der Waals surface area contributed by atoms with Gasteiger partial charge in [-0.3, -0.25) is 0 Å².